The molecule has 0 saturated heterocycles. The molecule has 0 bridgehead atoms. The topological polar surface area (TPSA) is 39.0 Å². The third-order valence-corrected chi connectivity index (χ3v) is 6.79. The van der Waals surface area contributed by atoms with Gasteiger partial charge >= 0.3 is 0 Å². The van der Waals surface area contributed by atoms with Crippen LogP contribution in [0.3, 0.4) is 0 Å². The molecule has 4 aromatic carbocycles. The zero-order valence-corrected chi connectivity index (χ0v) is 20.2. The summed E-state index contributed by atoms with van der Waals surface area (Å²) < 4.78 is 10.6. The number of hydrogen-bond donors (Lipinski definition) is 0. The van der Waals surface area contributed by atoms with E-state index in [0.29, 0.717) is 13.1 Å². The Bertz CT molecular complexity index is 1690. The quantitative estimate of drug-likeness (QED) is 0.189. The first-order valence-electron chi connectivity index (χ1n) is 12.4. The fourth-order valence-electron chi connectivity index (χ4n) is 4.94. The van der Waals surface area contributed by atoms with Gasteiger partial charge in [-0.25, -0.2) is 9.13 Å². The summed E-state index contributed by atoms with van der Waals surface area (Å²) in [5.41, 5.74) is 5.00. The predicted molar refractivity (Wildman–Crippen MR) is 143 cm³/mol. The minimum absolute atomic E-state index is 0.101. The molecule has 2 aromatic heterocycles. The van der Waals surface area contributed by atoms with Gasteiger partial charge in [0.2, 0.25) is 12.1 Å². The molecular formula is C32H27N2O2+. The first-order chi connectivity index (χ1) is 17.7. The Morgan fingerprint density at radius 1 is 0.861 bits per heavy atom. The second kappa shape index (κ2) is 9.31. The van der Waals surface area contributed by atoms with Crippen molar-refractivity contribution in [2.75, 3.05) is 0 Å². The van der Waals surface area contributed by atoms with Gasteiger partial charge in [-0.05, 0) is 22.9 Å². The summed E-state index contributed by atoms with van der Waals surface area (Å²) in [6, 6.07) is 32.5. The van der Waals surface area contributed by atoms with Gasteiger partial charge < -0.3 is 4.42 Å². The molecule has 2 heterocycles. The number of aromatic nitrogens is 2. The maximum absolute atomic E-state index is 13.2. The van der Waals surface area contributed by atoms with Gasteiger partial charge in [0.25, 0.3) is 0 Å². The van der Waals surface area contributed by atoms with Crippen LogP contribution in [0.2, 0.25) is 0 Å². The highest BCUT2D eigenvalue weighted by molar-refractivity contribution is 5.99. The van der Waals surface area contributed by atoms with Crippen molar-refractivity contribution in [3.05, 3.63) is 126 Å². The van der Waals surface area contributed by atoms with E-state index in [-0.39, 0.29) is 5.78 Å². The van der Waals surface area contributed by atoms with Crippen LogP contribution < -0.4 is 4.57 Å². The summed E-state index contributed by atoms with van der Waals surface area (Å²) >= 11 is 0. The van der Waals surface area contributed by atoms with Gasteiger partial charge in [0, 0.05) is 28.5 Å². The van der Waals surface area contributed by atoms with Crippen LogP contribution in [0, 0.1) is 0 Å². The summed E-state index contributed by atoms with van der Waals surface area (Å²) in [6.07, 6.45) is 5.01. The number of carbonyl (C=O) groups excluding carboxylic acids is 1. The largest absolute Gasteiger partial charge is 0.456 e. The van der Waals surface area contributed by atoms with Gasteiger partial charge in [-0.2, -0.15) is 0 Å². The fraction of sp³-hybridized carbons (Fsp3) is 0.125. The number of rotatable bonds is 7. The van der Waals surface area contributed by atoms with Gasteiger partial charge in [-0.15, -0.1) is 0 Å². The first kappa shape index (κ1) is 22.1. The lowest BCUT2D eigenvalue weighted by Gasteiger charge is -2.03. The maximum atomic E-state index is 13.2. The number of carbonyl (C=O) groups is 1. The van der Waals surface area contributed by atoms with E-state index >= 15 is 0 Å². The van der Waals surface area contributed by atoms with E-state index in [4.69, 9.17) is 4.42 Å². The Balaban J connectivity index is 1.33. The van der Waals surface area contributed by atoms with E-state index in [2.05, 4.69) is 48.0 Å². The molecule has 0 unspecified atom stereocenters. The molecule has 0 spiro atoms. The number of ketones is 1. The van der Waals surface area contributed by atoms with Crippen molar-refractivity contribution < 1.29 is 13.8 Å². The minimum atomic E-state index is 0.101. The first-order valence-corrected chi connectivity index (χ1v) is 12.4. The fourth-order valence-corrected chi connectivity index (χ4v) is 4.94. The van der Waals surface area contributed by atoms with Crippen LogP contribution in [0.1, 0.15) is 28.5 Å². The summed E-state index contributed by atoms with van der Waals surface area (Å²) in [5.74, 6) is 0.996. The summed E-state index contributed by atoms with van der Waals surface area (Å²) in [7, 11) is 0. The summed E-state index contributed by atoms with van der Waals surface area (Å²) in [4.78, 5) is 13.2. The Hall–Kier alpha value is -4.44. The molecule has 0 saturated carbocycles. The summed E-state index contributed by atoms with van der Waals surface area (Å²) in [5, 5.41) is 3.34. The number of para-hydroxylation sites is 1. The molecule has 4 heteroatoms. The molecule has 6 aromatic rings. The maximum Gasteiger partial charge on any atom is 0.244 e. The van der Waals surface area contributed by atoms with Gasteiger partial charge in [0.1, 0.15) is 29.8 Å². The third-order valence-electron chi connectivity index (χ3n) is 6.79. The molecule has 0 radical (unpaired) electrons. The van der Waals surface area contributed by atoms with Gasteiger partial charge in [-0.1, -0.05) is 91.9 Å². The van der Waals surface area contributed by atoms with Crippen molar-refractivity contribution >= 4 is 27.5 Å². The van der Waals surface area contributed by atoms with E-state index in [9.17, 15) is 4.79 Å². The van der Waals surface area contributed by atoms with Crippen molar-refractivity contribution in [2.24, 2.45) is 0 Å². The van der Waals surface area contributed by atoms with Crippen molar-refractivity contribution in [1.82, 2.24) is 4.57 Å². The highest BCUT2D eigenvalue weighted by Crippen LogP contribution is 2.34. The number of imidazole rings is 1. The number of aryl methyl sites for hydroxylation is 1. The van der Waals surface area contributed by atoms with E-state index in [1.807, 2.05) is 77.6 Å². The van der Waals surface area contributed by atoms with Crippen LogP contribution in [0.25, 0.3) is 33.1 Å². The zero-order chi connectivity index (χ0) is 24.5. The van der Waals surface area contributed by atoms with Gasteiger partial charge in [-0.3, -0.25) is 4.79 Å². The molecule has 6 rings (SSSR count). The normalized spacial score (nSPS) is 11.4. The molecule has 0 aliphatic heterocycles. The second-order valence-corrected chi connectivity index (χ2v) is 9.15. The van der Waals surface area contributed by atoms with Crippen LogP contribution in [0.4, 0.5) is 0 Å². The van der Waals surface area contributed by atoms with E-state index in [1.54, 1.807) is 0 Å². The lowest BCUT2D eigenvalue weighted by Crippen LogP contribution is -2.35. The third kappa shape index (κ3) is 4.11. The average Bonchev–Trinajstić information content (AvgIpc) is 3.49. The molecule has 0 amide bonds. The molecule has 0 aliphatic rings. The Morgan fingerprint density at radius 3 is 2.44 bits per heavy atom. The zero-order valence-electron chi connectivity index (χ0n) is 20.2. The average molecular weight is 472 g/mol. The van der Waals surface area contributed by atoms with Crippen molar-refractivity contribution in [3.63, 3.8) is 0 Å². The van der Waals surface area contributed by atoms with Crippen LogP contribution in [0.5, 0.6) is 0 Å². The molecule has 176 valence electrons. The van der Waals surface area contributed by atoms with E-state index in [0.717, 1.165) is 50.6 Å². The number of nitrogens with zero attached hydrogens (tertiary/aromatic N) is 2. The molecule has 36 heavy (non-hydrogen) atoms. The molecule has 0 N–H and O–H groups in total. The van der Waals surface area contributed by atoms with Crippen molar-refractivity contribution in [2.45, 2.75) is 26.4 Å². The highest BCUT2D eigenvalue weighted by Gasteiger charge is 2.22. The number of hydrogen-bond acceptors (Lipinski definition) is 2. The number of fused-ring (bicyclic) bond motifs is 2. The number of Topliss-reactive ketones (excluding diaryl/α,β-unsaturated/α-hetero) is 1. The standard InChI is InChI=1S/C32H27N2O2/c1-2-27-19-33(21-30(35)26-17-16-23-10-6-7-13-25(23)18-26)22-34(27)20-29-28-14-8-9-15-31(28)36-32(29)24-11-4-3-5-12-24/h3-19,22H,2,20-21H2,1H3/q+1. The molecular weight excluding hydrogens is 444 g/mol. The smallest absolute Gasteiger partial charge is 0.244 e. The Kier molecular flexibility index (Phi) is 5.70. The predicted octanol–water partition coefficient (Wildman–Crippen LogP) is 6.84. The number of benzene rings is 4. The van der Waals surface area contributed by atoms with Gasteiger partial charge in [0.15, 0.2) is 6.54 Å². The Labute approximate surface area is 210 Å². The van der Waals surface area contributed by atoms with Crippen molar-refractivity contribution in [3.8, 4) is 11.3 Å². The Morgan fingerprint density at radius 2 is 1.61 bits per heavy atom. The van der Waals surface area contributed by atoms with Crippen LogP contribution in [-0.2, 0) is 19.5 Å². The molecule has 0 aliphatic carbocycles. The molecule has 0 atom stereocenters. The van der Waals surface area contributed by atoms with Gasteiger partial charge in [0.05, 0.1) is 0 Å². The van der Waals surface area contributed by atoms with E-state index < -0.39 is 0 Å². The number of furan rings is 1. The lowest BCUT2D eigenvalue weighted by molar-refractivity contribution is -0.682. The van der Waals surface area contributed by atoms with Crippen molar-refractivity contribution in [1.29, 1.82) is 0 Å². The van der Waals surface area contributed by atoms with Crippen LogP contribution in [-0.4, -0.2) is 10.4 Å². The molecule has 4 nitrogen and oxygen atoms in total. The minimum Gasteiger partial charge on any atom is -0.456 e. The monoisotopic (exact) mass is 471 g/mol. The van der Waals surface area contributed by atoms with Crippen LogP contribution >= 0.6 is 0 Å². The summed E-state index contributed by atoms with van der Waals surface area (Å²) in [6.45, 7) is 3.12. The lowest BCUT2D eigenvalue weighted by atomic mass is 10.0. The van der Waals surface area contributed by atoms with E-state index in [1.165, 1.54) is 5.69 Å². The SMILES string of the molecule is CCc1c[n+](CC(=O)c2ccc3ccccc3c2)cn1Cc1c(-c2ccccc2)oc2ccccc12. The molecule has 0 fully saturated rings. The van der Waals surface area contributed by atoms with Crippen LogP contribution in [0.15, 0.2) is 114 Å². The highest BCUT2D eigenvalue weighted by atomic mass is 16.3. The second-order valence-electron chi connectivity index (χ2n) is 9.15.